The summed E-state index contributed by atoms with van der Waals surface area (Å²) in [6.07, 6.45) is 0. The first-order valence-corrected chi connectivity index (χ1v) is 19.5. The van der Waals surface area contributed by atoms with Crippen LogP contribution in [0, 0.1) is 17.0 Å². The number of hydrogen-bond donors (Lipinski definition) is 5. The molecule has 7 N–H and O–H groups in total. The summed E-state index contributed by atoms with van der Waals surface area (Å²) >= 11 is 1.43. The van der Waals surface area contributed by atoms with Gasteiger partial charge in [-0.2, -0.15) is 37.3 Å². The molecule has 0 amide bonds. The normalized spacial score (nSPS) is 11.9. The van der Waals surface area contributed by atoms with Crippen LogP contribution in [0.4, 0.5) is 51.2 Å². The number of azo groups is 3. The number of phenols is 1. The van der Waals surface area contributed by atoms with Crippen molar-refractivity contribution in [3.8, 4) is 5.75 Å². The fraction of sp³-hybridized carbons (Fsp3) is 0.0286. The molecule has 0 heterocycles. The maximum atomic E-state index is 12.4. The molecule has 2 radical (unpaired) electrons. The van der Waals surface area contributed by atoms with Gasteiger partial charge < -0.3 is 16.6 Å². The Morgan fingerprint density at radius 1 is 0.638 bits per heavy atom. The molecule has 0 atom stereocenters. The first kappa shape index (κ1) is 46.0. The predicted molar refractivity (Wildman–Crippen MR) is 219 cm³/mol. The SMILES string of the molecule is Cc1cc(N)ccc1N=Nc1ccc(Sc2ccc(N=Nc3c(S(=O)(=O)O)cc4cc(S(=O)(=O)O)c(N=Nc5ccc([N+](=O)[O-])cc5)c(N)c4c3O)cc2)cc1.[Na].[Na]. The number of nitrogen functional groups attached to an aromatic ring is 2. The molecule has 286 valence electrons. The molecule has 23 heteroatoms. The molecule has 0 aliphatic heterocycles. The molecule has 0 fully saturated rings. The molecule has 0 unspecified atom stereocenters. The Balaban J connectivity index is 0.00000372. The predicted octanol–water partition coefficient (Wildman–Crippen LogP) is 9.06. The van der Waals surface area contributed by atoms with Crippen molar-refractivity contribution in [2.24, 2.45) is 30.7 Å². The van der Waals surface area contributed by atoms with E-state index in [2.05, 4.69) is 30.7 Å². The minimum Gasteiger partial charge on any atom is -0.505 e. The number of nitro benzene ring substituents is 1. The third kappa shape index (κ3) is 10.9. The van der Waals surface area contributed by atoms with Crippen LogP contribution < -0.4 is 11.5 Å². The zero-order chi connectivity index (χ0) is 40.4. The number of anilines is 2. The zero-order valence-electron chi connectivity index (χ0n) is 30.6. The Bertz CT molecular complexity index is 2850. The van der Waals surface area contributed by atoms with Crippen LogP contribution in [-0.4, -0.2) is 95.1 Å². The monoisotopic (exact) mass is 859 g/mol. The first-order valence-electron chi connectivity index (χ1n) is 15.8. The number of phenolic OH excluding ortho intramolecular Hbond substituents is 1. The number of nitro groups is 1. The van der Waals surface area contributed by atoms with Crippen LogP contribution >= 0.6 is 11.8 Å². The number of rotatable bonds is 11. The van der Waals surface area contributed by atoms with Gasteiger partial charge in [0.05, 0.1) is 38.7 Å². The van der Waals surface area contributed by atoms with Gasteiger partial charge >= 0.3 is 0 Å². The van der Waals surface area contributed by atoms with Gasteiger partial charge in [0, 0.05) is 86.7 Å². The number of aromatic hydroxyl groups is 1. The largest absolute Gasteiger partial charge is 0.505 e. The number of benzene rings is 6. The Labute approximate surface area is 378 Å². The average Bonchev–Trinajstić information content (AvgIpc) is 3.14. The molecule has 6 rings (SSSR count). The Hall–Kier alpha value is -4.65. The molecule has 18 nitrogen and oxygen atoms in total. The Kier molecular flexibility index (Phi) is 15.0. The van der Waals surface area contributed by atoms with E-state index >= 15 is 0 Å². The van der Waals surface area contributed by atoms with Crippen molar-refractivity contribution in [2.75, 3.05) is 11.5 Å². The van der Waals surface area contributed by atoms with E-state index in [0.29, 0.717) is 17.1 Å². The number of nitrogens with two attached hydrogens (primary N) is 2. The number of non-ortho nitro benzene ring substituents is 1. The molecular formula is C35H27N9Na2O9S3. The van der Waals surface area contributed by atoms with E-state index in [1.165, 1.54) is 23.9 Å². The molecule has 0 aliphatic carbocycles. The standard InChI is InChI=1S/C35H27N9O9S3.2Na/c1-19-16-21(36)2-15-28(19)41-38-23-5-11-26(12-6-23)54-27-13-7-24(8-14-27)40-43-34-30(56(51,52)53)18-20-17-29(55(48,49)50)33(32(37)31(20)35(34)45)42-39-22-3-9-25(10-4-22)44(46)47;;/h2-18,45H,36-37H2,1H3,(H,48,49,50)(H,51,52,53);;. The van der Waals surface area contributed by atoms with E-state index in [9.17, 15) is 41.2 Å². The average molecular weight is 860 g/mol. The van der Waals surface area contributed by atoms with Crippen LogP contribution in [0.1, 0.15) is 5.56 Å². The summed E-state index contributed by atoms with van der Waals surface area (Å²) in [4.78, 5) is 10.1. The van der Waals surface area contributed by atoms with Crippen LogP contribution in [-0.2, 0) is 20.2 Å². The maximum absolute atomic E-state index is 12.4. The van der Waals surface area contributed by atoms with E-state index in [1.54, 1.807) is 36.4 Å². The fourth-order valence-corrected chi connectivity index (χ4v) is 7.31. The second-order valence-electron chi connectivity index (χ2n) is 11.8. The first-order chi connectivity index (χ1) is 26.5. The molecular weight excluding hydrogens is 833 g/mol. The molecule has 0 aliphatic rings. The summed E-state index contributed by atoms with van der Waals surface area (Å²) in [5, 5.41) is 45.7. The van der Waals surface area contributed by atoms with Gasteiger partial charge in [0.25, 0.3) is 25.9 Å². The summed E-state index contributed by atoms with van der Waals surface area (Å²) < 4.78 is 69.6. The van der Waals surface area contributed by atoms with Gasteiger partial charge in [-0.1, -0.05) is 11.8 Å². The van der Waals surface area contributed by atoms with Crippen LogP contribution in [0.25, 0.3) is 10.8 Å². The van der Waals surface area contributed by atoms with Gasteiger partial charge in [-0.3, -0.25) is 19.2 Å². The van der Waals surface area contributed by atoms with Gasteiger partial charge in [0.2, 0.25) is 0 Å². The van der Waals surface area contributed by atoms with Crippen molar-refractivity contribution in [3.63, 3.8) is 0 Å². The van der Waals surface area contributed by atoms with E-state index in [1.807, 2.05) is 37.3 Å². The molecule has 0 aromatic heterocycles. The summed E-state index contributed by atoms with van der Waals surface area (Å²) in [5.41, 5.74) is 12.9. The summed E-state index contributed by atoms with van der Waals surface area (Å²) in [6, 6.07) is 25.5. The fourth-order valence-electron chi connectivity index (χ4n) is 5.16. The molecule has 0 spiro atoms. The van der Waals surface area contributed by atoms with Crippen molar-refractivity contribution >= 4 is 153 Å². The molecule has 58 heavy (non-hydrogen) atoms. The Morgan fingerprint density at radius 2 is 1.09 bits per heavy atom. The molecule has 0 bridgehead atoms. The van der Waals surface area contributed by atoms with Crippen molar-refractivity contribution in [3.05, 3.63) is 119 Å². The smallest absolute Gasteiger partial charge is 0.296 e. The van der Waals surface area contributed by atoms with Crippen molar-refractivity contribution < 1.29 is 36.0 Å². The summed E-state index contributed by atoms with van der Waals surface area (Å²) in [7, 11) is -10.2. The van der Waals surface area contributed by atoms with Gasteiger partial charge in [0.1, 0.15) is 21.2 Å². The molecule has 0 saturated heterocycles. The molecule has 6 aromatic rings. The number of nitrogens with zero attached hydrogens (tertiary/aromatic N) is 7. The van der Waals surface area contributed by atoms with Crippen molar-refractivity contribution in [1.82, 2.24) is 0 Å². The third-order valence-corrected chi connectivity index (χ3v) is 10.6. The van der Waals surface area contributed by atoms with Crippen LogP contribution in [0.15, 0.2) is 153 Å². The Morgan fingerprint density at radius 3 is 1.55 bits per heavy atom. The van der Waals surface area contributed by atoms with E-state index < -0.39 is 57.8 Å². The number of aryl methyl sites for hydroxylation is 1. The van der Waals surface area contributed by atoms with E-state index in [0.717, 1.165) is 39.6 Å². The summed E-state index contributed by atoms with van der Waals surface area (Å²) in [5.74, 6) is -0.927. The van der Waals surface area contributed by atoms with Gasteiger partial charge in [-0.25, -0.2) is 0 Å². The quantitative estimate of drug-likeness (QED) is 0.0203. The second-order valence-corrected chi connectivity index (χ2v) is 15.7. The minimum atomic E-state index is -5.12. The van der Waals surface area contributed by atoms with Gasteiger partial charge in [0.15, 0.2) is 5.75 Å². The molecule has 6 aromatic carbocycles. The zero-order valence-corrected chi connectivity index (χ0v) is 37.1. The summed E-state index contributed by atoms with van der Waals surface area (Å²) in [6.45, 7) is 1.89. The second kappa shape index (κ2) is 18.9. The van der Waals surface area contributed by atoms with E-state index in [4.69, 9.17) is 11.5 Å². The van der Waals surface area contributed by atoms with Crippen LogP contribution in [0.2, 0.25) is 0 Å². The van der Waals surface area contributed by atoms with E-state index in [-0.39, 0.29) is 86.9 Å². The third-order valence-electron chi connectivity index (χ3n) is 7.86. The van der Waals surface area contributed by atoms with Gasteiger partial charge in [-0.05, 0) is 109 Å². The topological polar surface area (TPSA) is 298 Å². The van der Waals surface area contributed by atoms with Crippen molar-refractivity contribution in [2.45, 2.75) is 26.5 Å². The number of fused-ring (bicyclic) bond motifs is 1. The maximum Gasteiger partial charge on any atom is 0.296 e. The van der Waals surface area contributed by atoms with Crippen LogP contribution in [0.5, 0.6) is 5.75 Å². The van der Waals surface area contributed by atoms with Gasteiger partial charge in [-0.15, -0.1) is 10.2 Å². The molecule has 0 saturated carbocycles. The minimum absolute atomic E-state index is 0. The van der Waals surface area contributed by atoms with Crippen molar-refractivity contribution in [1.29, 1.82) is 0 Å². The number of hydrogen-bond acceptors (Lipinski definition) is 16. The van der Waals surface area contributed by atoms with Crippen LogP contribution in [0.3, 0.4) is 0 Å².